The van der Waals surface area contributed by atoms with Crippen molar-refractivity contribution in [1.82, 2.24) is 15.5 Å². The summed E-state index contributed by atoms with van der Waals surface area (Å²) in [5.41, 5.74) is 9.00. The van der Waals surface area contributed by atoms with Crippen LogP contribution in [0.3, 0.4) is 0 Å². The number of aldehydes is 1. The molecule has 0 fully saturated rings. The third kappa shape index (κ3) is 48.2. The van der Waals surface area contributed by atoms with E-state index in [0.717, 1.165) is 57.0 Å². The summed E-state index contributed by atoms with van der Waals surface area (Å²) in [6.07, 6.45) is 7.59. The molecule has 2 aromatic rings. The molecule has 0 spiro atoms. The smallest absolute Gasteiger partial charge is 0.226 e. The van der Waals surface area contributed by atoms with Gasteiger partial charge in [-0.25, -0.2) is 4.39 Å². The molecule has 8 nitrogen and oxygen atoms in total. The number of halogens is 1. The van der Waals surface area contributed by atoms with Gasteiger partial charge in [0, 0.05) is 44.3 Å². The van der Waals surface area contributed by atoms with Crippen molar-refractivity contribution in [3.05, 3.63) is 108 Å². The molecule has 1 atom stereocenters. The molecule has 0 radical (unpaired) electrons. The molecule has 0 heterocycles. The van der Waals surface area contributed by atoms with E-state index in [1.165, 1.54) is 17.7 Å². The Balaban J connectivity index is -0.000000173. The predicted molar refractivity (Wildman–Crippen MR) is 219 cm³/mol. The number of aliphatic hydroxyl groups excluding tert-OH is 1. The standard InChI is InChI=1S/C12H18FNO.C8H17NO.C8H8O.C7H8.2C3H9N.CH4O/c1-5-11(13)8-6-7-10(4)14-12(15)9(2)3;1-4-6-9(7-5-2)8(3)10;1-7-3-2-4-8(5-7)6-9;1-7-5-3-2-4-6-7;1-3-4-2;1-3(2)4;1-2/h5-9,11H,1H2,2-4H3,(H,14,15);4-7H2,1-3H3;2-6H,1H3;2-6H,1H3;4H,3H2,1-2H3;3H,4H2,1-2H3;2H,1H3/b8-6?,10-7+;;;;;;. The summed E-state index contributed by atoms with van der Waals surface area (Å²) in [7, 11) is 2.93. The minimum atomic E-state index is -1.14. The summed E-state index contributed by atoms with van der Waals surface area (Å²) < 4.78 is 12.7. The van der Waals surface area contributed by atoms with Gasteiger partial charge in [0.05, 0.1) is 0 Å². The lowest BCUT2D eigenvalue weighted by Gasteiger charge is -2.18. The van der Waals surface area contributed by atoms with Crippen molar-refractivity contribution in [2.45, 2.75) is 101 Å². The number of aryl methyl sites for hydroxylation is 2. The van der Waals surface area contributed by atoms with Crippen molar-refractivity contribution >= 4 is 18.1 Å². The molecule has 0 aliphatic rings. The molecule has 0 bridgehead atoms. The maximum atomic E-state index is 12.7. The predicted octanol–water partition coefficient (Wildman–Crippen LogP) is 8.39. The zero-order valence-corrected chi connectivity index (χ0v) is 34.1. The number of rotatable bonds is 11. The van der Waals surface area contributed by atoms with E-state index >= 15 is 0 Å². The summed E-state index contributed by atoms with van der Waals surface area (Å²) in [5.74, 6) is 0.0980. The van der Waals surface area contributed by atoms with Crippen LogP contribution in [-0.2, 0) is 9.59 Å². The quantitative estimate of drug-likeness (QED) is 0.105. The van der Waals surface area contributed by atoms with Crippen molar-refractivity contribution in [3.8, 4) is 0 Å². The van der Waals surface area contributed by atoms with Crippen LogP contribution in [0.15, 0.2) is 91.2 Å². The third-order valence-corrected chi connectivity index (χ3v) is 5.62. The van der Waals surface area contributed by atoms with E-state index in [2.05, 4.69) is 57.0 Å². The van der Waals surface area contributed by atoms with E-state index in [1.54, 1.807) is 32.1 Å². The maximum absolute atomic E-state index is 12.7. The fraction of sp³-hybridized carbons (Fsp3) is 0.500. The number of nitrogens with two attached hydrogens (primary N) is 1. The van der Waals surface area contributed by atoms with Crippen LogP contribution in [0, 0.1) is 19.8 Å². The van der Waals surface area contributed by atoms with Gasteiger partial charge in [0.2, 0.25) is 11.8 Å². The number of amides is 2. The van der Waals surface area contributed by atoms with Crippen LogP contribution in [-0.4, -0.2) is 74.1 Å². The fourth-order valence-corrected chi connectivity index (χ4v) is 3.01. The van der Waals surface area contributed by atoms with Crippen molar-refractivity contribution in [2.75, 3.05) is 33.8 Å². The third-order valence-electron chi connectivity index (χ3n) is 5.62. The Bertz CT molecular complexity index is 1140. The molecule has 2 rings (SSSR count). The number of allylic oxidation sites excluding steroid dienone is 5. The van der Waals surface area contributed by atoms with Gasteiger partial charge in [-0.1, -0.05) is 127 Å². The fourth-order valence-electron chi connectivity index (χ4n) is 3.01. The molecule has 0 saturated heterocycles. The van der Waals surface area contributed by atoms with Crippen LogP contribution in [0.2, 0.25) is 0 Å². The first-order valence-corrected chi connectivity index (χ1v) is 17.6. The number of nitrogens with one attached hydrogen (secondary N) is 2. The summed E-state index contributed by atoms with van der Waals surface area (Å²) in [4.78, 5) is 34.1. The number of alkyl halides is 1. The second-order valence-electron chi connectivity index (χ2n) is 11.7. The molecule has 0 saturated carbocycles. The minimum Gasteiger partial charge on any atom is -0.400 e. The van der Waals surface area contributed by atoms with Crippen LogP contribution >= 0.6 is 0 Å². The lowest BCUT2D eigenvalue weighted by Crippen LogP contribution is -2.29. The van der Waals surface area contributed by atoms with Crippen molar-refractivity contribution < 1.29 is 23.9 Å². The molecule has 9 heteroatoms. The van der Waals surface area contributed by atoms with Gasteiger partial charge < -0.3 is 26.4 Å². The van der Waals surface area contributed by atoms with Crippen LogP contribution in [0.25, 0.3) is 0 Å². The Morgan fingerprint density at radius 2 is 1.39 bits per heavy atom. The monoisotopic (exact) mass is 717 g/mol. The summed E-state index contributed by atoms with van der Waals surface area (Å²) in [5, 5.41) is 12.6. The Kier molecular flexibility index (Phi) is 46.8. The first-order chi connectivity index (χ1) is 24.1. The summed E-state index contributed by atoms with van der Waals surface area (Å²) >= 11 is 0. The van der Waals surface area contributed by atoms with E-state index in [0.29, 0.717) is 11.7 Å². The Hall–Kier alpha value is -3.92. The number of hydrogen-bond acceptors (Lipinski definition) is 6. The average molecular weight is 717 g/mol. The van der Waals surface area contributed by atoms with Gasteiger partial charge in [-0.2, -0.15) is 0 Å². The zero-order chi connectivity index (χ0) is 40.6. The summed E-state index contributed by atoms with van der Waals surface area (Å²) in [6, 6.07) is 18.1. The van der Waals surface area contributed by atoms with Crippen LogP contribution in [0.4, 0.5) is 4.39 Å². The molecule has 0 aliphatic carbocycles. The maximum Gasteiger partial charge on any atom is 0.226 e. The van der Waals surface area contributed by atoms with E-state index in [4.69, 9.17) is 10.8 Å². The number of carbonyl (C=O) groups excluding carboxylic acids is 3. The molecule has 5 N–H and O–H groups in total. The first kappa shape index (κ1) is 56.5. The second kappa shape index (κ2) is 42.2. The highest BCUT2D eigenvalue weighted by molar-refractivity contribution is 5.79. The SMILES string of the molecule is C=CC(F)C=C/C=C(\C)NC(=O)C(C)C.CC(C)N.CCCN(CCC)C(C)=O.CCNC.CO.Cc1cccc(C=O)c1.Cc1ccccc1. The molecular weight excluding hydrogens is 643 g/mol. The summed E-state index contributed by atoms with van der Waals surface area (Å²) in [6.45, 7) is 27.4. The molecule has 0 aromatic heterocycles. The molecule has 51 heavy (non-hydrogen) atoms. The highest BCUT2D eigenvalue weighted by atomic mass is 19.1. The minimum absolute atomic E-state index is 0.0438. The van der Waals surface area contributed by atoms with Gasteiger partial charge in [0.15, 0.2) is 0 Å². The number of benzene rings is 2. The normalized spacial score (nSPS) is 10.3. The lowest BCUT2D eigenvalue weighted by molar-refractivity contribution is -0.129. The number of aliphatic hydroxyl groups is 1. The topological polar surface area (TPSA) is 125 Å². The highest BCUT2D eigenvalue weighted by Crippen LogP contribution is 2.00. The Labute approximate surface area is 311 Å². The van der Waals surface area contributed by atoms with E-state index < -0.39 is 6.17 Å². The molecule has 2 aromatic carbocycles. The van der Waals surface area contributed by atoms with Gasteiger partial charge in [-0.05, 0) is 71.5 Å². The van der Waals surface area contributed by atoms with Gasteiger partial charge >= 0.3 is 0 Å². The van der Waals surface area contributed by atoms with Gasteiger partial charge in [-0.15, -0.1) is 0 Å². The van der Waals surface area contributed by atoms with Gasteiger partial charge in [0.25, 0.3) is 0 Å². The average Bonchev–Trinajstić information content (AvgIpc) is 3.10. The van der Waals surface area contributed by atoms with Crippen LogP contribution in [0.5, 0.6) is 0 Å². The molecule has 1 unspecified atom stereocenters. The Morgan fingerprint density at radius 3 is 1.69 bits per heavy atom. The molecule has 2 amide bonds. The molecule has 292 valence electrons. The van der Waals surface area contributed by atoms with Crippen molar-refractivity contribution in [3.63, 3.8) is 0 Å². The highest BCUT2D eigenvalue weighted by Gasteiger charge is 2.05. The number of nitrogens with zero attached hydrogens (tertiary/aromatic N) is 1. The Morgan fingerprint density at radius 1 is 0.922 bits per heavy atom. The van der Waals surface area contributed by atoms with E-state index in [1.807, 2.05) is 83.0 Å². The first-order valence-electron chi connectivity index (χ1n) is 17.6. The van der Waals surface area contributed by atoms with E-state index in [9.17, 15) is 18.8 Å². The number of carbonyl (C=O) groups is 3. The zero-order valence-electron chi connectivity index (χ0n) is 34.1. The largest absolute Gasteiger partial charge is 0.400 e. The molecular formula is C42H73FN4O4. The van der Waals surface area contributed by atoms with E-state index in [-0.39, 0.29) is 17.7 Å². The second-order valence-corrected chi connectivity index (χ2v) is 11.7. The van der Waals surface area contributed by atoms with Crippen LogP contribution < -0.4 is 16.4 Å². The lowest BCUT2D eigenvalue weighted by atomic mass is 10.2. The van der Waals surface area contributed by atoms with Crippen molar-refractivity contribution in [1.29, 1.82) is 0 Å². The van der Waals surface area contributed by atoms with Gasteiger partial charge in [-0.3, -0.25) is 14.4 Å². The van der Waals surface area contributed by atoms with Crippen LogP contribution in [0.1, 0.15) is 96.6 Å². The van der Waals surface area contributed by atoms with Gasteiger partial charge in [0.1, 0.15) is 12.5 Å². The molecule has 0 aliphatic heterocycles. The number of hydrogen-bond donors (Lipinski definition) is 4. The van der Waals surface area contributed by atoms with Crippen molar-refractivity contribution in [2.24, 2.45) is 11.7 Å².